The van der Waals surface area contributed by atoms with Gasteiger partial charge in [-0.2, -0.15) is 0 Å². The van der Waals surface area contributed by atoms with Crippen LogP contribution in [-0.2, 0) is 22.5 Å². The van der Waals surface area contributed by atoms with Gasteiger partial charge in [0.25, 0.3) is 5.56 Å². The summed E-state index contributed by atoms with van der Waals surface area (Å²) in [5.41, 5.74) is 1.46. The van der Waals surface area contributed by atoms with Gasteiger partial charge < -0.3 is 9.30 Å². The van der Waals surface area contributed by atoms with Crippen molar-refractivity contribution in [1.29, 1.82) is 0 Å². The largest absolute Gasteiger partial charge is 0.469 e. The quantitative estimate of drug-likeness (QED) is 0.798. The van der Waals surface area contributed by atoms with Crippen LogP contribution in [0.15, 0.2) is 47.4 Å². The Morgan fingerprint density at radius 1 is 1.29 bits per heavy atom. The topological polar surface area (TPSA) is 48.3 Å². The van der Waals surface area contributed by atoms with Crippen molar-refractivity contribution in [3.05, 3.63) is 69.1 Å². The summed E-state index contributed by atoms with van der Waals surface area (Å²) in [6.07, 6.45) is 2.31. The number of esters is 1. The molecule has 0 N–H and O–H groups in total. The Morgan fingerprint density at radius 3 is 2.81 bits per heavy atom. The van der Waals surface area contributed by atoms with E-state index in [-0.39, 0.29) is 17.9 Å². The van der Waals surface area contributed by atoms with E-state index in [1.54, 1.807) is 29.0 Å². The molecule has 0 saturated heterocycles. The van der Waals surface area contributed by atoms with E-state index in [9.17, 15) is 9.59 Å². The number of carbonyl (C=O) groups is 1. The third-order valence-corrected chi connectivity index (χ3v) is 3.40. The summed E-state index contributed by atoms with van der Waals surface area (Å²) >= 11 is 5.94. The van der Waals surface area contributed by atoms with Gasteiger partial charge in [-0.1, -0.05) is 29.8 Å². The van der Waals surface area contributed by atoms with Crippen LogP contribution in [0.1, 0.15) is 17.5 Å². The Balaban J connectivity index is 2.18. The fraction of sp³-hybridized carbons (Fsp3) is 0.250. The van der Waals surface area contributed by atoms with Crippen LogP contribution in [0.25, 0.3) is 0 Å². The van der Waals surface area contributed by atoms with Crippen molar-refractivity contribution in [2.24, 2.45) is 0 Å². The summed E-state index contributed by atoms with van der Waals surface area (Å²) < 4.78 is 6.20. The van der Waals surface area contributed by atoms with E-state index < -0.39 is 0 Å². The summed E-state index contributed by atoms with van der Waals surface area (Å²) in [6, 6.07) is 10.9. The lowest BCUT2D eigenvalue weighted by molar-refractivity contribution is -0.140. The molecule has 110 valence electrons. The molecule has 0 atom stereocenters. The van der Waals surface area contributed by atoms with Crippen LogP contribution in [0.4, 0.5) is 0 Å². The molecule has 1 aromatic heterocycles. The van der Waals surface area contributed by atoms with E-state index in [0.29, 0.717) is 23.6 Å². The molecule has 0 fully saturated rings. The Bertz CT molecular complexity index is 694. The number of benzene rings is 1. The molecule has 0 saturated carbocycles. The number of hydrogen-bond acceptors (Lipinski definition) is 3. The lowest BCUT2D eigenvalue weighted by Gasteiger charge is -2.08. The summed E-state index contributed by atoms with van der Waals surface area (Å²) in [6.45, 7) is 0.450. The van der Waals surface area contributed by atoms with E-state index >= 15 is 0 Å². The number of carbonyl (C=O) groups excluding carboxylic acids is 1. The van der Waals surface area contributed by atoms with Crippen LogP contribution in [0, 0.1) is 0 Å². The van der Waals surface area contributed by atoms with Gasteiger partial charge in [0.2, 0.25) is 0 Å². The van der Waals surface area contributed by atoms with Crippen molar-refractivity contribution < 1.29 is 9.53 Å². The van der Waals surface area contributed by atoms with Gasteiger partial charge in [-0.25, -0.2) is 0 Å². The van der Waals surface area contributed by atoms with Gasteiger partial charge in [0.05, 0.1) is 13.7 Å². The minimum absolute atomic E-state index is 0.0959. The monoisotopic (exact) mass is 305 g/mol. The molecule has 2 aromatic rings. The van der Waals surface area contributed by atoms with E-state index in [0.717, 1.165) is 5.56 Å². The predicted molar refractivity (Wildman–Crippen MR) is 81.6 cm³/mol. The zero-order chi connectivity index (χ0) is 15.2. The Labute approximate surface area is 127 Å². The van der Waals surface area contributed by atoms with Crippen molar-refractivity contribution in [3.8, 4) is 0 Å². The number of rotatable bonds is 5. The molecular weight excluding hydrogens is 290 g/mol. The molecule has 0 spiro atoms. The third-order valence-electron chi connectivity index (χ3n) is 3.17. The highest BCUT2D eigenvalue weighted by molar-refractivity contribution is 6.30. The molecule has 2 rings (SSSR count). The molecule has 4 nitrogen and oxygen atoms in total. The van der Waals surface area contributed by atoms with Crippen molar-refractivity contribution in [3.63, 3.8) is 0 Å². The van der Waals surface area contributed by atoms with E-state index in [1.807, 2.05) is 18.2 Å². The molecule has 5 heteroatoms. The molecule has 0 unspecified atom stereocenters. The van der Waals surface area contributed by atoms with Crippen LogP contribution in [-0.4, -0.2) is 17.6 Å². The maximum atomic E-state index is 12.3. The first-order chi connectivity index (χ1) is 10.1. The molecule has 0 amide bonds. The molecule has 21 heavy (non-hydrogen) atoms. The number of aryl methyl sites for hydroxylation is 1. The predicted octanol–water partition coefficient (Wildman–Crippen LogP) is 2.66. The summed E-state index contributed by atoms with van der Waals surface area (Å²) in [5.74, 6) is -0.320. The van der Waals surface area contributed by atoms with Crippen molar-refractivity contribution >= 4 is 17.6 Å². The number of pyridine rings is 1. The average molecular weight is 306 g/mol. The highest BCUT2D eigenvalue weighted by Gasteiger charge is 2.07. The smallest absolute Gasteiger partial charge is 0.305 e. The standard InChI is InChI=1S/C16H16ClNO3/c1-21-15(19)8-7-13-5-3-9-18(16(13)20)11-12-4-2-6-14(17)10-12/h2-6,9-10H,7-8,11H2,1H3. The second-order valence-electron chi connectivity index (χ2n) is 4.67. The van der Waals surface area contributed by atoms with Crippen LogP contribution in [0.5, 0.6) is 0 Å². The maximum absolute atomic E-state index is 12.3. The second-order valence-corrected chi connectivity index (χ2v) is 5.11. The number of nitrogens with zero attached hydrogens (tertiary/aromatic N) is 1. The first kappa shape index (κ1) is 15.3. The third kappa shape index (κ3) is 4.20. The fourth-order valence-corrected chi connectivity index (χ4v) is 2.28. The van der Waals surface area contributed by atoms with Gasteiger partial charge in [0.15, 0.2) is 0 Å². The summed E-state index contributed by atoms with van der Waals surface area (Å²) in [5, 5.41) is 0.641. The van der Waals surface area contributed by atoms with E-state index in [1.165, 1.54) is 7.11 Å². The number of hydrogen-bond donors (Lipinski definition) is 0. The number of methoxy groups -OCH3 is 1. The molecule has 1 aromatic carbocycles. The van der Waals surface area contributed by atoms with Crippen LogP contribution in [0.3, 0.4) is 0 Å². The highest BCUT2D eigenvalue weighted by Crippen LogP contribution is 2.11. The van der Waals surface area contributed by atoms with Crippen LogP contribution < -0.4 is 5.56 Å². The van der Waals surface area contributed by atoms with Crippen molar-refractivity contribution in [1.82, 2.24) is 4.57 Å². The first-order valence-electron chi connectivity index (χ1n) is 6.60. The van der Waals surface area contributed by atoms with Crippen LogP contribution >= 0.6 is 11.6 Å². The van der Waals surface area contributed by atoms with Gasteiger partial charge in [0, 0.05) is 23.2 Å². The summed E-state index contributed by atoms with van der Waals surface area (Å²) in [7, 11) is 1.34. The molecule has 0 aliphatic heterocycles. The van der Waals surface area contributed by atoms with Gasteiger partial charge in [-0.05, 0) is 30.2 Å². The Kier molecular flexibility index (Phi) is 5.17. The molecule has 0 radical (unpaired) electrons. The van der Waals surface area contributed by atoms with Crippen LogP contribution in [0.2, 0.25) is 5.02 Å². The van der Waals surface area contributed by atoms with Crippen molar-refractivity contribution in [2.75, 3.05) is 7.11 Å². The number of aromatic nitrogens is 1. The molecule has 1 heterocycles. The maximum Gasteiger partial charge on any atom is 0.305 e. The lowest BCUT2D eigenvalue weighted by Crippen LogP contribution is -2.24. The first-order valence-corrected chi connectivity index (χ1v) is 6.97. The average Bonchev–Trinajstić information content (AvgIpc) is 2.48. The zero-order valence-electron chi connectivity index (χ0n) is 11.7. The van der Waals surface area contributed by atoms with Gasteiger partial charge >= 0.3 is 5.97 Å². The normalized spacial score (nSPS) is 10.4. The van der Waals surface area contributed by atoms with Crippen molar-refractivity contribution in [2.45, 2.75) is 19.4 Å². The SMILES string of the molecule is COC(=O)CCc1cccn(Cc2cccc(Cl)c2)c1=O. The fourth-order valence-electron chi connectivity index (χ4n) is 2.07. The van der Waals surface area contributed by atoms with E-state index in [2.05, 4.69) is 4.74 Å². The minimum atomic E-state index is -0.320. The van der Waals surface area contributed by atoms with Gasteiger partial charge in [-0.15, -0.1) is 0 Å². The molecule has 0 bridgehead atoms. The Hall–Kier alpha value is -2.07. The lowest BCUT2D eigenvalue weighted by atomic mass is 10.1. The number of halogens is 1. The second kappa shape index (κ2) is 7.09. The highest BCUT2D eigenvalue weighted by atomic mass is 35.5. The minimum Gasteiger partial charge on any atom is -0.469 e. The Morgan fingerprint density at radius 2 is 2.10 bits per heavy atom. The molecular formula is C16H16ClNO3. The molecule has 0 aliphatic carbocycles. The molecule has 0 aliphatic rings. The summed E-state index contributed by atoms with van der Waals surface area (Å²) in [4.78, 5) is 23.5. The van der Waals surface area contributed by atoms with E-state index in [4.69, 9.17) is 11.6 Å². The number of ether oxygens (including phenoxy) is 1. The van der Waals surface area contributed by atoms with Gasteiger partial charge in [-0.3, -0.25) is 9.59 Å². The van der Waals surface area contributed by atoms with Gasteiger partial charge in [0.1, 0.15) is 0 Å². The zero-order valence-corrected chi connectivity index (χ0v) is 12.5.